The average molecular weight is 479 g/mol. The summed E-state index contributed by atoms with van der Waals surface area (Å²) in [5, 5.41) is 2.69. The van der Waals surface area contributed by atoms with Gasteiger partial charge in [0.05, 0.1) is 36.8 Å². The highest BCUT2D eigenvalue weighted by Gasteiger charge is 2.29. The topological polar surface area (TPSA) is 93.5 Å². The maximum atomic E-state index is 14.1. The third-order valence-corrected chi connectivity index (χ3v) is 6.87. The fourth-order valence-electron chi connectivity index (χ4n) is 3.75. The van der Waals surface area contributed by atoms with Gasteiger partial charge in [-0.05, 0) is 32.8 Å². The van der Waals surface area contributed by atoms with E-state index in [4.69, 9.17) is 4.74 Å². The largest absolute Gasteiger partial charge is 0.376 e. The van der Waals surface area contributed by atoms with Crippen LogP contribution in [0.25, 0.3) is 0 Å². The molecule has 1 aromatic carbocycles. The Morgan fingerprint density at radius 3 is 2.82 bits per heavy atom. The van der Waals surface area contributed by atoms with Crippen molar-refractivity contribution in [2.45, 2.75) is 62.8 Å². The number of urea groups is 1. The number of amides is 2. The summed E-state index contributed by atoms with van der Waals surface area (Å²) >= 11 is 0. The quantitative estimate of drug-likeness (QED) is 0.529. The number of aromatic nitrogens is 2. The molecule has 3 rings (SSSR count). The highest BCUT2D eigenvalue weighted by Crippen LogP contribution is 2.23. The van der Waals surface area contributed by atoms with Crippen molar-refractivity contribution >= 4 is 15.9 Å². The number of imidazole rings is 1. The van der Waals surface area contributed by atoms with Crippen LogP contribution in [-0.2, 0) is 33.4 Å². The monoisotopic (exact) mass is 478 g/mol. The number of nitrogens with one attached hydrogen (secondary N) is 1. The highest BCUT2D eigenvalue weighted by molar-refractivity contribution is 7.90. The number of carbonyl (C=O) groups is 1. The lowest BCUT2D eigenvalue weighted by atomic mass is 10.2. The predicted octanol–water partition coefficient (Wildman–Crippen LogP) is 3.28. The van der Waals surface area contributed by atoms with E-state index in [1.165, 1.54) is 29.3 Å². The van der Waals surface area contributed by atoms with Gasteiger partial charge in [0.2, 0.25) is 15.0 Å². The second kappa shape index (κ2) is 10.9. The van der Waals surface area contributed by atoms with Crippen molar-refractivity contribution in [1.29, 1.82) is 0 Å². The molecule has 2 heterocycles. The van der Waals surface area contributed by atoms with Gasteiger partial charge in [-0.25, -0.2) is 22.6 Å². The summed E-state index contributed by atoms with van der Waals surface area (Å²) in [6.45, 7) is 8.75. The van der Waals surface area contributed by atoms with Crippen molar-refractivity contribution in [3.63, 3.8) is 0 Å². The van der Waals surface area contributed by atoms with Crippen LogP contribution in [0.1, 0.15) is 37.9 Å². The van der Waals surface area contributed by atoms with Gasteiger partial charge in [-0.3, -0.25) is 0 Å². The number of carbonyl (C=O) groups excluding carboxylic acids is 1. The molecular formula is C23H31FN4O4S. The third kappa shape index (κ3) is 6.42. The Bertz CT molecular complexity index is 1080. The summed E-state index contributed by atoms with van der Waals surface area (Å²) in [6, 6.07) is 5.44. The van der Waals surface area contributed by atoms with Crippen LogP contribution < -0.4 is 5.32 Å². The Balaban J connectivity index is 1.94. The molecule has 8 nitrogen and oxygen atoms in total. The van der Waals surface area contributed by atoms with Crippen molar-refractivity contribution in [3.05, 3.63) is 60.2 Å². The first-order chi connectivity index (χ1) is 15.7. The molecule has 0 saturated carbocycles. The normalized spacial score (nSPS) is 16.2. The molecule has 1 aromatic heterocycles. The Kier molecular flexibility index (Phi) is 8.25. The zero-order valence-electron chi connectivity index (χ0n) is 19.0. The molecule has 1 aliphatic rings. The maximum Gasteiger partial charge on any atom is 0.318 e. The molecule has 1 atom stereocenters. The lowest BCUT2D eigenvalue weighted by molar-refractivity contribution is 0.0935. The van der Waals surface area contributed by atoms with Crippen molar-refractivity contribution < 1.29 is 22.3 Å². The van der Waals surface area contributed by atoms with Gasteiger partial charge in [0.25, 0.3) is 0 Å². The SMILES string of the molecule is C=CCN(Cc1cnc(S(=O)(=O)Cc2ccccc2F)n1CC1CCCO1)C(=O)NC(C)C. The summed E-state index contributed by atoms with van der Waals surface area (Å²) in [5.74, 6) is -1.09. The Labute approximate surface area is 194 Å². The number of sulfone groups is 1. The highest BCUT2D eigenvalue weighted by atomic mass is 32.2. The maximum absolute atomic E-state index is 14.1. The van der Waals surface area contributed by atoms with Gasteiger partial charge in [0.1, 0.15) is 5.82 Å². The van der Waals surface area contributed by atoms with Gasteiger partial charge < -0.3 is 19.5 Å². The molecule has 1 unspecified atom stereocenters. The minimum atomic E-state index is -3.96. The van der Waals surface area contributed by atoms with Crippen molar-refractivity contribution in [3.8, 4) is 0 Å². The fourth-order valence-corrected chi connectivity index (χ4v) is 5.26. The minimum Gasteiger partial charge on any atom is -0.376 e. The molecule has 2 aromatic rings. The Hall–Kier alpha value is -2.72. The first-order valence-electron chi connectivity index (χ1n) is 11.0. The van der Waals surface area contributed by atoms with Crippen LogP contribution in [0.15, 0.2) is 48.3 Å². The molecule has 1 fully saturated rings. The van der Waals surface area contributed by atoms with Crippen LogP contribution in [0, 0.1) is 5.82 Å². The van der Waals surface area contributed by atoms with Crippen LogP contribution in [0.2, 0.25) is 0 Å². The molecule has 10 heteroatoms. The molecule has 0 aliphatic carbocycles. The van der Waals surface area contributed by atoms with Crippen molar-refractivity contribution in [1.82, 2.24) is 19.8 Å². The summed E-state index contributed by atoms with van der Waals surface area (Å²) in [4.78, 5) is 18.4. The van der Waals surface area contributed by atoms with Gasteiger partial charge in [0, 0.05) is 24.8 Å². The van der Waals surface area contributed by atoms with Gasteiger partial charge >= 0.3 is 6.03 Å². The van der Waals surface area contributed by atoms with E-state index in [9.17, 15) is 17.6 Å². The van der Waals surface area contributed by atoms with Crippen LogP contribution >= 0.6 is 0 Å². The lowest BCUT2D eigenvalue weighted by Crippen LogP contribution is -2.43. The van der Waals surface area contributed by atoms with E-state index in [0.29, 0.717) is 12.3 Å². The third-order valence-electron chi connectivity index (χ3n) is 5.30. The lowest BCUT2D eigenvalue weighted by Gasteiger charge is -2.24. The van der Waals surface area contributed by atoms with Crippen molar-refractivity contribution in [2.75, 3.05) is 13.2 Å². The van der Waals surface area contributed by atoms with Crippen LogP contribution in [0.3, 0.4) is 0 Å². The van der Waals surface area contributed by atoms with Gasteiger partial charge in [-0.15, -0.1) is 6.58 Å². The molecule has 1 aliphatic heterocycles. The number of nitrogens with zero attached hydrogens (tertiary/aromatic N) is 3. The van der Waals surface area contributed by atoms with E-state index in [1.807, 2.05) is 13.8 Å². The number of halogens is 1. The molecule has 180 valence electrons. The number of ether oxygens (including phenoxy) is 1. The molecule has 0 bridgehead atoms. The summed E-state index contributed by atoms with van der Waals surface area (Å²) < 4.78 is 48.0. The summed E-state index contributed by atoms with van der Waals surface area (Å²) in [5.41, 5.74) is 0.633. The molecular weight excluding hydrogens is 447 g/mol. The van der Waals surface area contributed by atoms with E-state index in [2.05, 4.69) is 16.9 Å². The van der Waals surface area contributed by atoms with Crippen LogP contribution in [0.5, 0.6) is 0 Å². The summed E-state index contributed by atoms with van der Waals surface area (Å²) in [7, 11) is -3.96. The Morgan fingerprint density at radius 1 is 1.42 bits per heavy atom. The van der Waals surface area contributed by atoms with Gasteiger partial charge in [-0.2, -0.15) is 0 Å². The second-order valence-corrected chi connectivity index (χ2v) is 10.3. The van der Waals surface area contributed by atoms with E-state index < -0.39 is 21.4 Å². The molecule has 0 spiro atoms. The smallest absolute Gasteiger partial charge is 0.318 e. The number of benzene rings is 1. The average Bonchev–Trinajstić information content (AvgIpc) is 3.40. The summed E-state index contributed by atoms with van der Waals surface area (Å²) in [6.07, 6.45) is 4.61. The van der Waals surface area contributed by atoms with Crippen LogP contribution in [0.4, 0.5) is 9.18 Å². The number of hydrogen-bond donors (Lipinski definition) is 1. The number of hydrogen-bond acceptors (Lipinski definition) is 5. The Morgan fingerprint density at radius 2 is 2.18 bits per heavy atom. The predicted molar refractivity (Wildman–Crippen MR) is 123 cm³/mol. The molecule has 1 saturated heterocycles. The molecule has 2 amide bonds. The fraction of sp³-hybridized carbons (Fsp3) is 0.478. The van der Waals surface area contributed by atoms with E-state index in [-0.39, 0.29) is 48.5 Å². The second-order valence-electron chi connectivity index (χ2n) is 8.40. The minimum absolute atomic E-state index is 0.0571. The van der Waals surface area contributed by atoms with E-state index >= 15 is 0 Å². The number of rotatable bonds is 10. The van der Waals surface area contributed by atoms with Crippen LogP contribution in [-0.4, -0.2) is 54.2 Å². The van der Waals surface area contributed by atoms with Gasteiger partial charge in [0.15, 0.2) is 0 Å². The first kappa shape index (κ1) is 24.9. The molecule has 0 radical (unpaired) electrons. The van der Waals surface area contributed by atoms with Gasteiger partial charge in [-0.1, -0.05) is 24.3 Å². The van der Waals surface area contributed by atoms with E-state index in [0.717, 1.165) is 12.8 Å². The standard InChI is InChI=1S/C23H31FN4O4S/c1-4-11-27(22(29)26-17(2)3)14-19-13-25-23(28(19)15-20-9-7-12-32-20)33(30,31)16-18-8-5-6-10-21(18)24/h4-6,8,10,13,17,20H,1,7,9,11-12,14-16H2,2-3H3,(H,26,29). The first-order valence-corrected chi connectivity index (χ1v) is 12.6. The van der Waals surface area contributed by atoms with Crippen molar-refractivity contribution in [2.24, 2.45) is 0 Å². The zero-order valence-corrected chi connectivity index (χ0v) is 19.9. The zero-order chi connectivity index (χ0) is 24.0. The van der Waals surface area contributed by atoms with E-state index in [1.54, 1.807) is 16.7 Å². The molecule has 33 heavy (non-hydrogen) atoms. The molecule has 1 N–H and O–H groups in total.